The second-order valence-corrected chi connectivity index (χ2v) is 6.81. The topological polar surface area (TPSA) is 71.3 Å². The number of rotatable bonds is 7. The van der Waals surface area contributed by atoms with E-state index in [0.29, 0.717) is 17.7 Å². The van der Waals surface area contributed by atoms with Gasteiger partial charge in [0.2, 0.25) is 5.91 Å². The number of carbonyl (C=O) groups is 2. The average Bonchev–Trinajstić information content (AvgIpc) is 3.22. The maximum atomic E-state index is 12.8. The molecule has 3 aromatic rings. The summed E-state index contributed by atoms with van der Waals surface area (Å²) in [6.07, 6.45) is 1.96. The summed E-state index contributed by atoms with van der Waals surface area (Å²) in [5, 5.41) is 5.71. The summed E-state index contributed by atoms with van der Waals surface area (Å²) in [5.41, 5.74) is 3.67. The molecule has 5 nitrogen and oxygen atoms in total. The molecule has 1 aromatic heterocycles. The van der Waals surface area contributed by atoms with Crippen molar-refractivity contribution in [1.82, 2.24) is 10.6 Å². The number of furan rings is 1. The van der Waals surface area contributed by atoms with Crippen LogP contribution in [0, 0.1) is 13.8 Å². The summed E-state index contributed by atoms with van der Waals surface area (Å²) >= 11 is 0. The first-order valence-electron chi connectivity index (χ1n) is 9.25. The van der Waals surface area contributed by atoms with Crippen molar-refractivity contribution >= 4 is 11.8 Å². The maximum absolute atomic E-state index is 12.8. The zero-order valence-corrected chi connectivity index (χ0v) is 16.1. The van der Waals surface area contributed by atoms with Crippen LogP contribution in [0.2, 0.25) is 0 Å². The van der Waals surface area contributed by atoms with Crippen LogP contribution in [0.25, 0.3) is 0 Å². The quantitative estimate of drug-likeness (QED) is 0.662. The van der Waals surface area contributed by atoms with Crippen LogP contribution in [-0.2, 0) is 17.8 Å². The summed E-state index contributed by atoms with van der Waals surface area (Å²) < 4.78 is 5.25. The third-order valence-electron chi connectivity index (χ3n) is 4.69. The lowest BCUT2D eigenvalue weighted by Crippen LogP contribution is -2.47. The lowest BCUT2D eigenvalue weighted by molar-refractivity contribution is -0.123. The summed E-state index contributed by atoms with van der Waals surface area (Å²) in [6.45, 7) is 4.23. The predicted molar refractivity (Wildman–Crippen MR) is 108 cm³/mol. The van der Waals surface area contributed by atoms with Gasteiger partial charge in [-0.05, 0) is 54.8 Å². The highest BCUT2D eigenvalue weighted by molar-refractivity contribution is 5.97. The molecule has 0 saturated heterocycles. The lowest BCUT2D eigenvalue weighted by atomic mass is 10.0. The molecule has 0 aliphatic heterocycles. The fourth-order valence-electron chi connectivity index (χ4n) is 2.89. The lowest BCUT2D eigenvalue weighted by Gasteiger charge is -2.19. The Kier molecular flexibility index (Phi) is 6.27. The van der Waals surface area contributed by atoms with Crippen molar-refractivity contribution in [2.24, 2.45) is 0 Å². The molecule has 3 rings (SSSR count). The molecular weight excluding hydrogens is 352 g/mol. The molecule has 0 bridgehead atoms. The van der Waals surface area contributed by atoms with Gasteiger partial charge in [0.1, 0.15) is 11.8 Å². The van der Waals surface area contributed by atoms with Crippen LogP contribution in [0.5, 0.6) is 0 Å². The molecule has 28 heavy (non-hydrogen) atoms. The highest BCUT2D eigenvalue weighted by atomic mass is 16.3. The molecule has 5 heteroatoms. The van der Waals surface area contributed by atoms with Gasteiger partial charge in [-0.2, -0.15) is 0 Å². The third kappa shape index (κ3) is 5.10. The Bertz CT molecular complexity index is 934. The molecule has 0 unspecified atom stereocenters. The van der Waals surface area contributed by atoms with Gasteiger partial charge in [0.15, 0.2) is 0 Å². The van der Waals surface area contributed by atoms with E-state index in [1.807, 2.05) is 56.3 Å². The van der Waals surface area contributed by atoms with E-state index in [1.54, 1.807) is 24.5 Å². The molecule has 0 spiro atoms. The van der Waals surface area contributed by atoms with Crippen molar-refractivity contribution in [2.45, 2.75) is 32.9 Å². The first-order valence-corrected chi connectivity index (χ1v) is 9.25. The van der Waals surface area contributed by atoms with Crippen LogP contribution >= 0.6 is 0 Å². The van der Waals surface area contributed by atoms with Gasteiger partial charge in [0.25, 0.3) is 5.91 Å². The molecular formula is C23H24N2O3. The average molecular weight is 376 g/mol. The number of benzene rings is 2. The number of amides is 2. The molecule has 0 radical (unpaired) electrons. The number of hydrogen-bond acceptors (Lipinski definition) is 3. The van der Waals surface area contributed by atoms with E-state index in [1.165, 1.54) is 0 Å². The molecule has 2 aromatic carbocycles. The van der Waals surface area contributed by atoms with Crippen molar-refractivity contribution in [3.05, 3.63) is 94.9 Å². The minimum absolute atomic E-state index is 0.252. The highest BCUT2D eigenvalue weighted by Gasteiger charge is 2.22. The van der Waals surface area contributed by atoms with Gasteiger partial charge in [0.05, 0.1) is 12.8 Å². The van der Waals surface area contributed by atoms with E-state index in [-0.39, 0.29) is 18.4 Å². The Hall–Kier alpha value is -3.34. The molecule has 144 valence electrons. The first-order chi connectivity index (χ1) is 13.5. The third-order valence-corrected chi connectivity index (χ3v) is 4.69. The Morgan fingerprint density at radius 2 is 1.75 bits per heavy atom. The van der Waals surface area contributed by atoms with Gasteiger partial charge < -0.3 is 15.1 Å². The smallest absolute Gasteiger partial charge is 0.251 e. The SMILES string of the molecule is Cc1ccc(C(=O)N[C@@H](Cc2ccccc2)C(=O)NCc2ccco2)cc1C. The van der Waals surface area contributed by atoms with Crippen molar-refractivity contribution in [3.63, 3.8) is 0 Å². The van der Waals surface area contributed by atoms with Gasteiger partial charge in [-0.1, -0.05) is 36.4 Å². The van der Waals surface area contributed by atoms with E-state index in [2.05, 4.69) is 10.6 Å². The van der Waals surface area contributed by atoms with Crippen LogP contribution in [0.1, 0.15) is 32.8 Å². The normalized spacial score (nSPS) is 11.6. The largest absolute Gasteiger partial charge is 0.467 e. The summed E-state index contributed by atoms with van der Waals surface area (Å²) in [4.78, 5) is 25.5. The predicted octanol–water partition coefficient (Wildman–Crippen LogP) is 3.55. The summed E-state index contributed by atoms with van der Waals surface area (Å²) in [7, 11) is 0. The van der Waals surface area contributed by atoms with Gasteiger partial charge in [-0.3, -0.25) is 9.59 Å². The van der Waals surface area contributed by atoms with E-state index in [0.717, 1.165) is 16.7 Å². The second-order valence-electron chi connectivity index (χ2n) is 6.81. The fraction of sp³-hybridized carbons (Fsp3) is 0.217. The Balaban J connectivity index is 1.73. The van der Waals surface area contributed by atoms with Gasteiger partial charge in [-0.15, -0.1) is 0 Å². The molecule has 0 aliphatic carbocycles. The van der Waals surface area contributed by atoms with E-state index < -0.39 is 6.04 Å². The molecule has 2 N–H and O–H groups in total. The minimum atomic E-state index is -0.688. The Labute approximate surface area is 164 Å². The molecule has 2 amide bonds. The van der Waals surface area contributed by atoms with Gasteiger partial charge in [0, 0.05) is 12.0 Å². The van der Waals surface area contributed by atoms with Crippen molar-refractivity contribution in [3.8, 4) is 0 Å². The molecule has 1 heterocycles. The van der Waals surface area contributed by atoms with Crippen LogP contribution in [0.3, 0.4) is 0 Å². The monoisotopic (exact) mass is 376 g/mol. The van der Waals surface area contributed by atoms with Gasteiger partial charge >= 0.3 is 0 Å². The van der Waals surface area contributed by atoms with Crippen LogP contribution in [0.15, 0.2) is 71.3 Å². The second kappa shape index (κ2) is 9.04. The molecule has 0 fully saturated rings. The number of hydrogen-bond donors (Lipinski definition) is 2. The molecule has 0 saturated carbocycles. The van der Waals surface area contributed by atoms with E-state index >= 15 is 0 Å². The van der Waals surface area contributed by atoms with Crippen LogP contribution in [0.4, 0.5) is 0 Å². The molecule has 1 atom stereocenters. The zero-order chi connectivity index (χ0) is 19.9. The fourth-order valence-corrected chi connectivity index (χ4v) is 2.89. The van der Waals surface area contributed by atoms with E-state index in [9.17, 15) is 9.59 Å². The van der Waals surface area contributed by atoms with Crippen LogP contribution < -0.4 is 10.6 Å². The number of aryl methyl sites for hydroxylation is 2. The number of carbonyl (C=O) groups excluding carboxylic acids is 2. The van der Waals surface area contributed by atoms with Gasteiger partial charge in [-0.25, -0.2) is 0 Å². The van der Waals surface area contributed by atoms with E-state index in [4.69, 9.17) is 4.42 Å². The van der Waals surface area contributed by atoms with Crippen molar-refractivity contribution in [2.75, 3.05) is 0 Å². The maximum Gasteiger partial charge on any atom is 0.251 e. The number of nitrogens with one attached hydrogen (secondary N) is 2. The summed E-state index contributed by atoms with van der Waals surface area (Å²) in [5.74, 6) is 0.141. The standard InChI is InChI=1S/C23H24N2O3/c1-16-10-11-19(13-17(16)2)22(26)25-21(14-18-7-4-3-5-8-18)23(27)24-15-20-9-6-12-28-20/h3-13,21H,14-15H2,1-2H3,(H,24,27)(H,25,26)/t21-/m0/s1. The Morgan fingerprint density at radius 3 is 2.43 bits per heavy atom. The summed E-state index contributed by atoms with van der Waals surface area (Å²) in [6, 6.07) is 18.0. The minimum Gasteiger partial charge on any atom is -0.467 e. The highest BCUT2D eigenvalue weighted by Crippen LogP contribution is 2.11. The van der Waals surface area contributed by atoms with Crippen molar-refractivity contribution in [1.29, 1.82) is 0 Å². The van der Waals surface area contributed by atoms with Crippen molar-refractivity contribution < 1.29 is 14.0 Å². The van der Waals surface area contributed by atoms with Crippen LogP contribution in [-0.4, -0.2) is 17.9 Å². The molecule has 0 aliphatic rings. The Morgan fingerprint density at radius 1 is 0.964 bits per heavy atom. The zero-order valence-electron chi connectivity index (χ0n) is 16.1. The first kappa shape index (κ1) is 19.4.